The van der Waals surface area contributed by atoms with Gasteiger partial charge >= 0.3 is 0 Å². The van der Waals surface area contributed by atoms with Crippen LogP contribution < -0.4 is 0 Å². The van der Waals surface area contributed by atoms with Crippen molar-refractivity contribution in [3.63, 3.8) is 0 Å². The molecule has 0 aliphatic carbocycles. The molecule has 2 heteroatoms. The summed E-state index contributed by atoms with van der Waals surface area (Å²) in [6, 6.07) is 7.74. The van der Waals surface area contributed by atoms with Crippen LogP contribution in [0.25, 0.3) is 0 Å². The minimum atomic E-state index is 0.681. The van der Waals surface area contributed by atoms with Crippen molar-refractivity contribution in [2.45, 2.75) is 38.5 Å². The van der Waals surface area contributed by atoms with E-state index in [0.717, 1.165) is 50.2 Å². The second-order valence-electron chi connectivity index (χ2n) is 3.98. The maximum absolute atomic E-state index is 10.6. The number of benzene rings is 1. The molecule has 16 heavy (non-hydrogen) atoms. The Morgan fingerprint density at radius 1 is 1.00 bits per heavy atom. The van der Waals surface area contributed by atoms with Gasteiger partial charge in [-0.15, -0.1) is 0 Å². The van der Waals surface area contributed by atoms with Gasteiger partial charge in [0.25, 0.3) is 0 Å². The van der Waals surface area contributed by atoms with Crippen LogP contribution in [0.15, 0.2) is 24.3 Å². The van der Waals surface area contributed by atoms with Crippen molar-refractivity contribution >= 4 is 12.6 Å². The lowest BCUT2D eigenvalue weighted by Gasteiger charge is -2.01. The van der Waals surface area contributed by atoms with Crippen LogP contribution in [0.1, 0.15) is 48.0 Å². The summed E-state index contributed by atoms with van der Waals surface area (Å²) in [6.45, 7) is 0. The zero-order valence-corrected chi connectivity index (χ0v) is 9.52. The Bertz CT molecular complexity index is 331. The second-order valence-corrected chi connectivity index (χ2v) is 3.98. The molecule has 0 aliphatic heterocycles. The molecule has 0 fully saturated rings. The van der Waals surface area contributed by atoms with Gasteiger partial charge in [-0.1, -0.05) is 31.0 Å². The first-order chi connectivity index (χ1) is 7.86. The van der Waals surface area contributed by atoms with E-state index in [0.29, 0.717) is 6.42 Å². The van der Waals surface area contributed by atoms with Gasteiger partial charge in [0.15, 0.2) is 0 Å². The molecule has 1 rings (SSSR count). The third-order valence-corrected chi connectivity index (χ3v) is 2.62. The highest BCUT2D eigenvalue weighted by Crippen LogP contribution is 2.09. The van der Waals surface area contributed by atoms with Crippen molar-refractivity contribution in [1.82, 2.24) is 0 Å². The Hall–Kier alpha value is -1.44. The third-order valence-electron chi connectivity index (χ3n) is 2.62. The van der Waals surface area contributed by atoms with Crippen molar-refractivity contribution in [3.05, 3.63) is 35.4 Å². The van der Waals surface area contributed by atoms with Crippen LogP contribution in [0, 0.1) is 0 Å². The lowest BCUT2D eigenvalue weighted by atomic mass is 10.0. The molecule has 0 spiro atoms. The van der Waals surface area contributed by atoms with Crippen LogP contribution >= 0.6 is 0 Å². The summed E-state index contributed by atoms with van der Waals surface area (Å²) >= 11 is 0. The van der Waals surface area contributed by atoms with Gasteiger partial charge in [0.2, 0.25) is 0 Å². The van der Waals surface area contributed by atoms with Crippen LogP contribution in [-0.2, 0) is 11.2 Å². The smallest absolute Gasteiger partial charge is 0.150 e. The number of carbonyl (C=O) groups excluding carboxylic acids is 2. The molecule has 0 aromatic heterocycles. The van der Waals surface area contributed by atoms with E-state index < -0.39 is 0 Å². The molecule has 2 nitrogen and oxygen atoms in total. The number of aldehydes is 2. The fraction of sp³-hybridized carbons (Fsp3) is 0.429. The Morgan fingerprint density at radius 3 is 2.56 bits per heavy atom. The highest BCUT2D eigenvalue weighted by Gasteiger charge is 1.95. The molecule has 0 bridgehead atoms. The van der Waals surface area contributed by atoms with Crippen molar-refractivity contribution in [2.75, 3.05) is 0 Å². The van der Waals surface area contributed by atoms with Crippen molar-refractivity contribution in [3.8, 4) is 0 Å². The molecule has 86 valence electrons. The van der Waals surface area contributed by atoms with E-state index in [1.807, 2.05) is 18.2 Å². The zero-order chi connectivity index (χ0) is 11.6. The first kappa shape index (κ1) is 12.6. The van der Waals surface area contributed by atoms with Gasteiger partial charge in [0.05, 0.1) is 0 Å². The van der Waals surface area contributed by atoms with Crippen LogP contribution in [0.4, 0.5) is 0 Å². The van der Waals surface area contributed by atoms with E-state index in [2.05, 4.69) is 6.07 Å². The molecule has 1 aromatic carbocycles. The SMILES string of the molecule is O=CCCCCCCc1cccc(C=O)c1. The van der Waals surface area contributed by atoms with Crippen molar-refractivity contribution in [1.29, 1.82) is 0 Å². The molecule has 0 amide bonds. The normalized spacial score (nSPS) is 10.0. The number of aryl methyl sites for hydroxylation is 1. The number of carbonyl (C=O) groups is 2. The summed E-state index contributed by atoms with van der Waals surface area (Å²) in [5.74, 6) is 0. The van der Waals surface area contributed by atoms with Gasteiger partial charge in [0, 0.05) is 12.0 Å². The van der Waals surface area contributed by atoms with Crippen LogP contribution in [0.2, 0.25) is 0 Å². The Balaban J connectivity index is 2.21. The molecule has 0 unspecified atom stereocenters. The molecule has 1 aromatic rings. The summed E-state index contributed by atoms with van der Waals surface area (Å²) in [6.07, 6.45) is 7.95. The maximum Gasteiger partial charge on any atom is 0.150 e. The molecule has 0 saturated heterocycles. The molecule has 0 aliphatic rings. The third kappa shape index (κ3) is 4.87. The van der Waals surface area contributed by atoms with Gasteiger partial charge in [-0.3, -0.25) is 4.79 Å². The quantitative estimate of drug-likeness (QED) is 0.496. The predicted molar refractivity (Wildman–Crippen MR) is 64.7 cm³/mol. The van der Waals surface area contributed by atoms with E-state index in [-0.39, 0.29) is 0 Å². The zero-order valence-electron chi connectivity index (χ0n) is 9.52. The Labute approximate surface area is 96.7 Å². The predicted octanol–water partition coefficient (Wildman–Crippen LogP) is 3.19. The van der Waals surface area contributed by atoms with Gasteiger partial charge in [-0.05, 0) is 30.9 Å². The molecule has 0 heterocycles. The van der Waals surface area contributed by atoms with Gasteiger partial charge < -0.3 is 4.79 Å². The fourth-order valence-electron chi connectivity index (χ4n) is 1.73. The average Bonchev–Trinajstić information content (AvgIpc) is 2.34. The summed E-state index contributed by atoms with van der Waals surface area (Å²) in [5, 5.41) is 0. The first-order valence-electron chi connectivity index (χ1n) is 5.84. The lowest BCUT2D eigenvalue weighted by molar-refractivity contribution is -0.107. The van der Waals surface area contributed by atoms with E-state index in [9.17, 15) is 9.59 Å². The minimum absolute atomic E-state index is 0.681. The highest BCUT2D eigenvalue weighted by atomic mass is 16.1. The Kier molecular flexibility index (Phi) is 6.16. The van der Waals surface area contributed by atoms with E-state index >= 15 is 0 Å². The average molecular weight is 218 g/mol. The molecule has 0 saturated carbocycles. The monoisotopic (exact) mass is 218 g/mol. The summed E-state index contributed by atoms with van der Waals surface area (Å²) in [4.78, 5) is 20.7. The number of hydrogen-bond acceptors (Lipinski definition) is 2. The Morgan fingerprint density at radius 2 is 1.81 bits per heavy atom. The number of unbranched alkanes of at least 4 members (excludes halogenated alkanes) is 4. The summed E-state index contributed by atoms with van der Waals surface area (Å²) in [5.41, 5.74) is 1.97. The number of hydrogen-bond donors (Lipinski definition) is 0. The topological polar surface area (TPSA) is 34.1 Å². The first-order valence-corrected chi connectivity index (χ1v) is 5.84. The van der Waals surface area contributed by atoms with Crippen LogP contribution in [0.5, 0.6) is 0 Å². The number of rotatable bonds is 8. The highest BCUT2D eigenvalue weighted by molar-refractivity contribution is 5.74. The van der Waals surface area contributed by atoms with Crippen LogP contribution in [-0.4, -0.2) is 12.6 Å². The summed E-state index contributed by atoms with van der Waals surface area (Å²) < 4.78 is 0. The standard InChI is InChI=1S/C14H18O2/c15-10-5-3-1-2-4-7-13-8-6-9-14(11-13)12-16/h6,8-12H,1-5,7H2. The van der Waals surface area contributed by atoms with E-state index in [1.165, 1.54) is 5.56 Å². The minimum Gasteiger partial charge on any atom is -0.303 e. The van der Waals surface area contributed by atoms with Gasteiger partial charge in [0.1, 0.15) is 12.6 Å². The second kappa shape index (κ2) is 7.80. The van der Waals surface area contributed by atoms with Gasteiger partial charge in [-0.25, -0.2) is 0 Å². The molecule has 0 atom stereocenters. The van der Waals surface area contributed by atoms with Crippen molar-refractivity contribution in [2.24, 2.45) is 0 Å². The lowest BCUT2D eigenvalue weighted by Crippen LogP contribution is -1.88. The van der Waals surface area contributed by atoms with E-state index in [1.54, 1.807) is 0 Å². The fourth-order valence-corrected chi connectivity index (χ4v) is 1.73. The maximum atomic E-state index is 10.6. The molecular weight excluding hydrogens is 200 g/mol. The molecular formula is C14H18O2. The van der Waals surface area contributed by atoms with Gasteiger partial charge in [-0.2, -0.15) is 0 Å². The molecule has 0 N–H and O–H groups in total. The summed E-state index contributed by atoms with van der Waals surface area (Å²) in [7, 11) is 0. The van der Waals surface area contributed by atoms with E-state index in [4.69, 9.17) is 0 Å². The van der Waals surface area contributed by atoms with Crippen LogP contribution in [0.3, 0.4) is 0 Å². The van der Waals surface area contributed by atoms with Crippen molar-refractivity contribution < 1.29 is 9.59 Å². The largest absolute Gasteiger partial charge is 0.303 e. The molecule has 0 radical (unpaired) electrons.